The molecule has 1 aromatic heterocycles. The number of ether oxygens (including phenoxy) is 2. The number of nitriles is 1. The van der Waals surface area contributed by atoms with Crippen LogP contribution in [-0.2, 0) is 4.79 Å². The molecular formula is C24H25N3O3S. The van der Waals surface area contributed by atoms with Crippen LogP contribution in [0.4, 0.5) is 5.69 Å². The van der Waals surface area contributed by atoms with Gasteiger partial charge in [-0.25, -0.2) is 4.98 Å². The van der Waals surface area contributed by atoms with Crippen LogP contribution in [0.3, 0.4) is 0 Å². The summed E-state index contributed by atoms with van der Waals surface area (Å²) in [4.78, 5) is 17.3. The van der Waals surface area contributed by atoms with Gasteiger partial charge in [0.2, 0.25) is 5.91 Å². The van der Waals surface area contributed by atoms with E-state index in [-0.39, 0.29) is 11.7 Å². The number of benzene rings is 2. The number of rotatable bonds is 8. The van der Waals surface area contributed by atoms with Gasteiger partial charge < -0.3 is 14.8 Å². The van der Waals surface area contributed by atoms with Gasteiger partial charge in [0, 0.05) is 11.5 Å². The fourth-order valence-electron chi connectivity index (χ4n) is 3.08. The van der Waals surface area contributed by atoms with E-state index < -0.39 is 0 Å². The fraction of sp³-hybridized carbons (Fsp3) is 0.292. The van der Waals surface area contributed by atoms with Crippen molar-refractivity contribution < 1.29 is 14.3 Å². The molecule has 1 N–H and O–H groups in total. The second kappa shape index (κ2) is 10.2. The third-order valence-corrected chi connectivity index (χ3v) is 5.68. The Morgan fingerprint density at radius 3 is 2.55 bits per heavy atom. The number of carbonyl (C=O) groups is 1. The zero-order chi connectivity index (χ0) is 22.4. The maximum absolute atomic E-state index is 12.6. The number of amides is 1. The number of nitrogens with zero attached hydrogens (tertiary/aromatic N) is 2. The number of aromatic nitrogens is 1. The zero-order valence-corrected chi connectivity index (χ0v) is 18.9. The predicted molar refractivity (Wildman–Crippen MR) is 124 cm³/mol. The number of fused-ring (bicyclic) bond motifs is 1. The minimum atomic E-state index is -0.217. The molecule has 1 heterocycles. The Bertz CT molecular complexity index is 1150. The van der Waals surface area contributed by atoms with Gasteiger partial charge in [0.05, 0.1) is 35.7 Å². The number of carbonyl (C=O) groups excluding carboxylic acids is 1. The zero-order valence-electron chi connectivity index (χ0n) is 18.1. The Morgan fingerprint density at radius 1 is 1.10 bits per heavy atom. The van der Waals surface area contributed by atoms with Crippen molar-refractivity contribution in [1.82, 2.24) is 4.98 Å². The average Bonchev–Trinajstić information content (AvgIpc) is 2.75. The Kier molecular flexibility index (Phi) is 7.37. The molecule has 0 saturated carbocycles. The summed E-state index contributed by atoms with van der Waals surface area (Å²) in [6, 6.07) is 13.4. The highest BCUT2D eigenvalue weighted by molar-refractivity contribution is 8.00. The van der Waals surface area contributed by atoms with Crippen LogP contribution in [0.2, 0.25) is 0 Å². The monoisotopic (exact) mass is 435 g/mol. The summed E-state index contributed by atoms with van der Waals surface area (Å²) >= 11 is 1.24. The van der Waals surface area contributed by atoms with Gasteiger partial charge in [-0.2, -0.15) is 5.26 Å². The lowest BCUT2D eigenvalue weighted by molar-refractivity contribution is -0.113. The van der Waals surface area contributed by atoms with Crippen LogP contribution in [0.25, 0.3) is 10.9 Å². The first kappa shape index (κ1) is 22.4. The van der Waals surface area contributed by atoms with Crippen LogP contribution >= 0.6 is 11.8 Å². The fourth-order valence-corrected chi connectivity index (χ4v) is 3.84. The summed E-state index contributed by atoms with van der Waals surface area (Å²) in [6.07, 6.45) is 0. The van der Waals surface area contributed by atoms with Crippen molar-refractivity contribution in [3.05, 3.63) is 53.1 Å². The van der Waals surface area contributed by atoms with Gasteiger partial charge in [0.15, 0.2) is 0 Å². The molecule has 3 aromatic rings. The highest BCUT2D eigenvalue weighted by Gasteiger charge is 2.14. The molecule has 160 valence electrons. The molecule has 0 spiro atoms. The van der Waals surface area contributed by atoms with Crippen molar-refractivity contribution >= 4 is 34.3 Å². The number of thioether (sulfide) groups is 1. The summed E-state index contributed by atoms with van der Waals surface area (Å²) in [6.45, 7) is 8.86. The lowest BCUT2D eigenvalue weighted by Gasteiger charge is -2.13. The first-order valence-electron chi connectivity index (χ1n) is 10.1. The van der Waals surface area contributed by atoms with Gasteiger partial charge in [0.1, 0.15) is 22.6 Å². The second-order valence-electron chi connectivity index (χ2n) is 6.94. The molecule has 7 heteroatoms. The highest BCUT2D eigenvalue weighted by Crippen LogP contribution is 2.31. The van der Waals surface area contributed by atoms with Crippen molar-refractivity contribution in [2.24, 2.45) is 0 Å². The first-order valence-corrected chi connectivity index (χ1v) is 11.1. The summed E-state index contributed by atoms with van der Waals surface area (Å²) < 4.78 is 11.1. The molecular weight excluding hydrogens is 410 g/mol. The summed E-state index contributed by atoms with van der Waals surface area (Å²) in [5.41, 5.74) is 4.11. The Hall–Kier alpha value is -3.24. The van der Waals surface area contributed by atoms with Crippen molar-refractivity contribution in [3.8, 4) is 17.6 Å². The molecule has 0 atom stereocenters. The third kappa shape index (κ3) is 5.47. The second-order valence-corrected chi connectivity index (χ2v) is 7.91. The molecule has 31 heavy (non-hydrogen) atoms. The summed E-state index contributed by atoms with van der Waals surface area (Å²) in [5.74, 6) is 1.13. The number of hydrogen-bond donors (Lipinski definition) is 1. The first-order chi connectivity index (χ1) is 14.9. The summed E-state index contributed by atoms with van der Waals surface area (Å²) in [5, 5.41) is 13.9. The van der Waals surface area contributed by atoms with E-state index in [9.17, 15) is 10.1 Å². The molecule has 0 fully saturated rings. The van der Waals surface area contributed by atoms with Crippen LogP contribution in [0, 0.1) is 25.2 Å². The molecule has 6 nitrogen and oxygen atoms in total. The average molecular weight is 436 g/mol. The van der Waals surface area contributed by atoms with E-state index in [1.165, 1.54) is 11.8 Å². The predicted octanol–water partition coefficient (Wildman–Crippen LogP) is 5.25. The van der Waals surface area contributed by atoms with Crippen LogP contribution < -0.4 is 14.8 Å². The van der Waals surface area contributed by atoms with E-state index in [1.807, 2.05) is 45.9 Å². The normalized spacial score (nSPS) is 10.5. The highest BCUT2D eigenvalue weighted by atomic mass is 32.2. The maximum Gasteiger partial charge on any atom is 0.234 e. The van der Waals surface area contributed by atoms with Gasteiger partial charge in [-0.1, -0.05) is 11.8 Å². The smallest absolute Gasteiger partial charge is 0.234 e. The molecule has 0 unspecified atom stereocenters. The van der Waals surface area contributed by atoms with E-state index in [1.54, 1.807) is 18.2 Å². The van der Waals surface area contributed by atoms with Crippen molar-refractivity contribution in [1.29, 1.82) is 5.26 Å². The maximum atomic E-state index is 12.6. The largest absolute Gasteiger partial charge is 0.494 e. The topological polar surface area (TPSA) is 84.2 Å². The minimum Gasteiger partial charge on any atom is -0.494 e. The van der Waals surface area contributed by atoms with E-state index in [4.69, 9.17) is 9.47 Å². The Labute approximate surface area is 186 Å². The number of nitrogens with one attached hydrogen (secondary N) is 1. The van der Waals surface area contributed by atoms with Crippen LogP contribution in [0.1, 0.15) is 30.5 Å². The van der Waals surface area contributed by atoms with Gasteiger partial charge in [-0.05, 0) is 69.2 Å². The molecule has 3 rings (SSSR count). The van der Waals surface area contributed by atoms with Crippen molar-refractivity contribution in [2.75, 3.05) is 24.3 Å². The Morgan fingerprint density at radius 2 is 1.84 bits per heavy atom. The lowest BCUT2D eigenvalue weighted by atomic mass is 10.1. The quantitative estimate of drug-likeness (QED) is 0.487. The van der Waals surface area contributed by atoms with Crippen LogP contribution in [-0.4, -0.2) is 29.9 Å². The minimum absolute atomic E-state index is 0.114. The molecule has 0 saturated heterocycles. The number of aryl methyl sites for hydroxylation is 2. The molecule has 0 bridgehead atoms. The van der Waals surface area contributed by atoms with Crippen molar-refractivity contribution in [3.63, 3.8) is 0 Å². The van der Waals surface area contributed by atoms with E-state index in [0.717, 1.165) is 22.0 Å². The van der Waals surface area contributed by atoms with E-state index >= 15 is 0 Å². The van der Waals surface area contributed by atoms with Gasteiger partial charge in [-0.3, -0.25) is 4.79 Å². The van der Waals surface area contributed by atoms with Crippen LogP contribution in [0.15, 0.2) is 41.4 Å². The molecule has 0 aliphatic rings. The van der Waals surface area contributed by atoms with Gasteiger partial charge >= 0.3 is 0 Å². The Balaban J connectivity index is 1.78. The van der Waals surface area contributed by atoms with E-state index in [0.29, 0.717) is 41.0 Å². The van der Waals surface area contributed by atoms with E-state index in [2.05, 4.69) is 16.4 Å². The summed E-state index contributed by atoms with van der Waals surface area (Å²) in [7, 11) is 0. The van der Waals surface area contributed by atoms with Gasteiger partial charge in [0.25, 0.3) is 0 Å². The lowest BCUT2D eigenvalue weighted by Crippen LogP contribution is -2.15. The number of hydrogen-bond acceptors (Lipinski definition) is 6. The molecule has 0 aliphatic heterocycles. The number of anilines is 1. The van der Waals surface area contributed by atoms with Crippen molar-refractivity contribution in [2.45, 2.75) is 32.7 Å². The SMILES string of the molecule is CCOc1ccc(OCC)c(NC(=O)CSc2nc3cc(C)c(C)cc3cc2C#N)c1. The number of pyridine rings is 1. The molecule has 0 aliphatic carbocycles. The molecule has 2 aromatic carbocycles. The van der Waals surface area contributed by atoms with Crippen LogP contribution in [0.5, 0.6) is 11.5 Å². The third-order valence-electron chi connectivity index (χ3n) is 4.69. The molecule has 1 amide bonds. The van der Waals surface area contributed by atoms with Gasteiger partial charge in [-0.15, -0.1) is 0 Å². The standard InChI is InChI=1S/C24H25N3O3S/c1-5-29-19-7-8-22(30-6-2)21(12-19)26-23(28)14-31-24-18(13-25)11-17-9-15(3)16(4)10-20(17)27-24/h7-12H,5-6,14H2,1-4H3,(H,26,28). The molecule has 0 radical (unpaired) electrons.